The number of H-pyrrole nitrogens is 1. The number of hydrogen-bond acceptors (Lipinski definition) is 5. The molecule has 0 radical (unpaired) electrons. The molecular formula is C10H10F3N5O4. The standard InChI is InChI=1S/C10H10F3N5O4/c11-10(12,13)5-3-18(8(21)15-7(5)20)6-1-2-9(4-19,22-6)16-17-14/h3,6,19H,1-2,4H2,(H,15,20,21)/t6-,9+/m1/s1. The molecule has 1 aliphatic heterocycles. The van der Waals surface area contributed by atoms with Gasteiger partial charge in [0.05, 0.1) is 6.61 Å². The van der Waals surface area contributed by atoms with Gasteiger partial charge in [0.1, 0.15) is 11.8 Å². The number of ether oxygens (including phenoxy) is 1. The van der Waals surface area contributed by atoms with Gasteiger partial charge in [-0.05, 0) is 18.4 Å². The van der Waals surface area contributed by atoms with Crippen molar-refractivity contribution >= 4 is 0 Å². The maximum Gasteiger partial charge on any atom is 0.423 e. The molecule has 2 rings (SSSR count). The topological polar surface area (TPSA) is 133 Å². The summed E-state index contributed by atoms with van der Waals surface area (Å²) in [6.07, 6.45) is -5.78. The van der Waals surface area contributed by atoms with Gasteiger partial charge in [0.15, 0.2) is 5.72 Å². The maximum absolute atomic E-state index is 12.7. The summed E-state index contributed by atoms with van der Waals surface area (Å²) in [5, 5.41) is 12.5. The van der Waals surface area contributed by atoms with Crippen molar-refractivity contribution in [2.24, 2.45) is 5.11 Å². The van der Waals surface area contributed by atoms with Crippen LogP contribution in [0, 0.1) is 0 Å². The van der Waals surface area contributed by atoms with E-state index in [1.807, 2.05) is 0 Å². The van der Waals surface area contributed by atoms with Crippen molar-refractivity contribution in [3.8, 4) is 0 Å². The molecule has 9 nitrogen and oxygen atoms in total. The molecule has 0 amide bonds. The molecule has 0 saturated carbocycles. The van der Waals surface area contributed by atoms with E-state index in [1.54, 1.807) is 4.98 Å². The highest BCUT2D eigenvalue weighted by Gasteiger charge is 2.42. The monoisotopic (exact) mass is 321 g/mol. The zero-order valence-corrected chi connectivity index (χ0v) is 10.9. The molecule has 1 saturated heterocycles. The molecule has 0 bridgehead atoms. The van der Waals surface area contributed by atoms with E-state index in [0.29, 0.717) is 10.8 Å². The summed E-state index contributed by atoms with van der Waals surface area (Å²) in [4.78, 5) is 26.9. The Morgan fingerprint density at radius 1 is 1.59 bits per heavy atom. The summed E-state index contributed by atoms with van der Waals surface area (Å²) < 4.78 is 43.9. The molecule has 0 spiro atoms. The zero-order chi connectivity index (χ0) is 16.5. The van der Waals surface area contributed by atoms with Crippen molar-refractivity contribution in [1.29, 1.82) is 0 Å². The van der Waals surface area contributed by atoms with E-state index >= 15 is 0 Å². The van der Waals surface area contributed by atoms with Crippen LogP contribution in [-0.2, 0) is 10.9 Å². The number of aromatic nitrogens is 2. The number of aromatic amines is 1. The second kappa shape index (κ2) is 5.48. The minimum atomic E-state index is -4.94. The summed E-state index contributed by atoms with van der Waals surface area (Å²) in [5.74, 6) is 0. The molecule has 0 aliphatic carbocycles. The minimum absolute atomic E-state index is 0.00510. The molecule has 1 aromatic heterocycles. The van der Waals surface area contributed by atoms with Crippen LogP contribution in [0.2, 0.25) is 0 Å². The lowest BCUT2D eigenvalue weighted by atomic mass is 10.1. The number of halogens is 3. The maximum atomic E-state index is 12.7. The molecular weight excluding hydrogens is 311 g/mol. The fraction of sp³-hybridized carbons (Fsp3) is 0.600. The number of alkyl halides is 3. The number of aliphatic hydroxyl groups excluding tert-OH is 1. The Balaban J connectivity index is 2.45. The van der Waals surface area contributed by atoms with Gasteiger partial charge in [0, 0.05) is 11.1 Å². The van der Waals surface area contributed by atoms with Gasteiger partial charge in [-0.2, -0.15) is 13.2 Å². The third-order valence-corrected chi connectivity index (χ3v) is 3.19. The first-order valence-electron chi connectivity index (χ1n) is 6.00. The molecule has 1 aromatic rings. The lowest BCUT2D eigenvalue weighted by molar-refractivity contribution is -0.140. The number of nitrogens with zero attached hydrogens (tertiary/aromatic N) is 4. The first kappa shape index (κ1) is 16.1. The third kappa shape index (κ3) is 2.84. The predicted octanol–water partition coefficient (Wildman–Crippen LogP) is 0.863. The fourth-order valence-electron chi connectivity index (χ4n) is 2.12. The largest absolute Gasteiger partial charge is 0.423 e. The Morgan fingerprint density at radius 3 is 2.82 bits per heavy atom. The average Bonchev–Trinajstić information content (AvgIpc) is 2.82. The van der Waals surface area contributed by atoms with Crippen LogP contribution in [0.3, 0.4) is 0 Å². The molecule has 22 heavy (non-hydrogen) atoms. The van der Waals surface area contributed by atoms with Crippen LogP contribution in [0.25, 0.3) is 10.4 Å². The number of nitrogens with one attached hydrogen (secondary N) is 1. The van der Waals surface area contributed by atoms with E-state index in [2.05, 4.69) is 10.0 Å². The summed E-state index contributed by atoms with van der Waals surface area (Å²) in [5.41, 5.74) is 2.56. The molecule has 120 valence electrons. The van der Waals surface area contributed by atoms with Crippen molar-refractivity contribution in [1.82, 2.24) is 9.55 Å². The van der Waals surface area contributed by atoms with Gasteiger partial charge in [-0.15, -0.1) is 0 Å². The third-order valence-electron chi connectivity index (χ3n) is 3.19. The normalized spacial score (nSPS) is 25.0. The summed E-state index contributed by atoms with van der Waals surface area (Å²) >= 11 is 0. The number of aliphatic hydroxyl groups is 1. The Labute approximate surface area is 119 Å². The number of azide groups is 1. The van der Waals surface area contributed by atoms with Gasteiger partial charge in [-0.3, -0.25) is 14.3 Å². The van der Waals surface area contributed by atoms with Crippen LogP contribution in [0.4, 0.5) is 13.2 Å². The van der Waals surface area contributed by atoms with E-state index in [1.165, 1.54) is 0 Å². The highest BCUT2D eigenvalue weighted by Crippen LogP contribution is 2.37. The van der Waals surface area contributed by atoms with Gasteiger partial charge >= 0.3 is 11.9 Å². The zero-order valence-electron chi connectivity index (χ0n) is 10.9. The van der Waals surface area contributed by atoms with E-state index in [4.69, 9.17) is 10.3 Å². The van der Waals surface area contributed by atoms with Crippen molar-refractivity contribution in [2.75, 3.05) is 6.61 Å². The fourth-order valence-corrected chi connectivity index (χ4v) is 2.12. The van der Waals surface area contributed by atoms with Crippen LogP contribution < -0.4 is 11.2 Å². The summed E-state index contributed by atoms with van der Waals surface area (Å²) in [6.45, 7) is -0.697. The van der Waals surface area contributed by atoms with Crippen molar-refractivity contribution in [2.45, 2.75) is 31.0 Å². The Bertz CT molecular complexity index is 735. The molecule has 2 N–H and O–H groups in total. The molecule has 2 atom stereocenters. The van der Waals surface area contributed by atoms with Gasteiger partial charge in [-0.25, -0.2) is 4.79 Å². The summed E-state index contributed by atoms with van der Waals surface area (Å²) in [6, 6.07) is 0. The van der Waals surface area contributed by atoms with Crippen LogP contribution in [0.1, 0.15) is 24.6 Å². The lowest BCUT2D eigenvalue weighted by Gasteiger charge is -2.22. The van der Waals surface area contributed by atoms with Crippen LogP contribution >= 0.6 is 0 Å². The summed E-state index contributed by atoms with van der Waals surface area (Å²) in [7, 11) is 0. The quantitative estimate of drug-likeness (QED) is 0.485. The van der Waals surface area contributed by atoms with E-state index in [0.717, 1.165) is 0 Å². The first-order valence-corrected chi connectivity index (χ1v) is 6.00. The first-order chi connectivity index (χ1) is 10.2. The van der Waals surface area contributed by atoms with Gasteiger partial charge in [0.25, 0.3) is 5.56 Å². The van der Waals surface area contributed by atoms with Gasteiger partial charge < -0.3 is 9.84 Å². The van der Waals surface area contributed by atoms with Gasteiger partial charge in [-0.1, -0.05) is 5.11 Å². The van der Waals surface area contributed by atoms with E-state index < -0.39 is 41.5 Å². The second-order valence-electron chi connectivity index (χ2n) is 4.61. The minimum Gasteiger partial charge on any atom is -0.393 e. The van der Waals surface area contributed by atoms with E-state index in [-0.39, 0.29) is 12.8 Å². The molecule has 1 aliphatic rings. The molecule has 1 fully saturated rings. The predicted molar refractivity (Wildman–Crippen MR) is 64.6 cm³/mol. The SMILES string of the molecule is [N-]=[N+]=N[C@@]1(CO)CC[C@H](n2cc(C(F)(F)F)c(=O)[nH]c2=O)O1. The number of hydrogen-bond donors (Lipinski definition) is 2. The van der Waals surface area contributed by atoms with Crippen LogP contribution in [-0.4, -0.2) is 27.0 Å². The highest BCUT2D eigenvalue weighted by atomic mass is 19.4. The molecule has 2 heterocycles. The van der Waals surface area contributed by atoms with E-state index in [9.17, 15) is 27.9 Å². The van der Waals surface area contributed by atoms with Crippen LogP contribution in [0.15, 0.2) is 20.9 Å². The lowest BCUT2D eigenvalue weighted by Crippen LogP contribution is -2.37. The smallest absolute Gasteiger partial charge is 0.393 e. The van der Waals surface area contributed by atoms with Crippen LogP contribution in [0.5, 0.6) is 0 Å². The average molecular weight is 321 g/mol. The highest BCUT2D eigenvalue weighted by molar-refractivity contribution is 5.09. The Kier molecular flexibility index (Phi) is 4.00. The second-order valence-corrected chi connectivity index (χ2v) is 4.61. The Hall–Kier alpha value is -2.30. The molecule has 12 heteroatoms. The van der Waals surface area contributed by atoms with Crippen molar-refractivity contribution < 1.29 is 23.0 Å². The van der Waals surface area contributed by atoms with Crippen molar-refractivity contribution in [3.05, 3.63) is 43.0 Å². The number of rotatable bonds is 3. The molecule has 0 unspecified atom stereocenters. The molecule has 0 aromatic carbocycles. The Morgan fingerprint density at radius 2 is 2.27 bits per heavy atom. The van der Waals surface area contributed by atoms with Crippen molar-refractivity contribution in [3.63, 3.8) is 0 Å². The van der Waals surface area contributed by atoms with Gasteiger partial charge in [0.2, 0.25) is 0 Å².